The first-order chi connectivity index (χ1) is 14.0. The first-order valence-electron chi connectivity index (χ1n) is 9.75. The first kappa shape index (κ1) is 18.1. The van der Waals surface area contributed by atoms with E-state index in [0.29, 0.717) is 23.6 Å². The third-order valence-electron chi connectivity index (χ3n) is 5.90. The van der Waals surface area contributed by atoms with Gasteiger partial charge in [0.05, 0.1) is 17.7 Å². The number of aromatic nitrogens is 4. The molecular formula is C21H22FN5O2. The number of imidazole rings is 1. The number of piperidine rings is 1. The molecule has 2 aliphatic rings. The Kier molecular flexibility index (Phi) is 4.24. The van der Waals surface area contributed by atoms with E-state index in [1.54, 1.807) is 47.6 Å². The van der Waals surface area contributed by atoms with Gasteiger partial charge in [-0.3, -0.25) is 0 Å². The van der Waals surface area contributed by atoms with E-state index >= 15 is 0 Å². The fourth-order valence-corrected chi connectivity index (χ4v) is 4.38. The lowest BCUT2D eigenvalue weighted by Crippen LogP contribution is -2.57. The van der Waals surface area contributed by atoms with Crippen molar-refractivity contribution in [2.24, 2.45) is 0 Å². The second-order valence-electron chi connectivity index (χ2n) is 8.08. The fourth-order valence-electron chi connectivity index (χ4n) is 4.38. The number of benzene rings is 1. The summed E-state index contributed by atoms with van der Waals surface area (Å²) >= 11 is 0. The maximum Gasteiger partial charge on any atom is 0.233 e. The molecule has 0 amide bonds. The predicted octanol–water partition coefficient (Wildman–Crippen LogP) is 3.03. The Labute approximate surface area is 167 Å². The number of nitrogens with one attached hydrogen (secondary N) is 1. The summed E-state index contributed by atoms with van der Waals surface area (Å²) in [6.45, 7) is 2.11. The molecule has 2 aromatic heterocycles. The van der Waals surface area contributed by atoms with Crippen molar-refractivity contribution in [2.75, 3.05) is 0 Å². The molecule has 2 fully saturated rings. The van der Waals surface area contributed by atoms with Gasteiger partial charge in [0, 0.05) is 48.1 Å². The molecule has 4 atom stereocenters. The molecule has 7 nitrogen and oxygen atoms in total. The number of halogens is 1. The quantitative estimate of drug-likeness (QED) is 0.706. The predicted molar refractivity (Wildman–Crippen MR) is 105 cm³/mol. The van der Waals surface area contributed by atoms with E-state index in [2.05, 4.69) is 27.4 Å². The number of phenolic OH excluding ortho intramolecular Hbond substituents is 1. The molecular weight excluding hydrogens is 373 g/mol. The van der Waals surface area contributed by atoms with E-state index in [9.17, 15) is 9.50 Å². The van der Waals surface area contributed by atoms with E-state index in [1.807, 2.05) is 6.07 Å². The number of hydrogen-bond donors (Lipinski definition) is 2. The number of fused-ring (bicyclic) bond motifs is 2. The Hall–Kier alpha value is -3.00. The summed E-state index contributed by atoms with van der Waals surface area (Å²) in [4.78, 5) is 4.00. The molecule has 0 unspecified atom stereocenters. The molecule has 0 radical (unpaired) electrons. The van der Waals surface area contributed by atoms with Crippen molar-refractivity contribution in [3.63, 3.8) is 0 Å². The molecule has 29 heavy (non-hydrogen) atoms. The van der Waals surface area contributed by atoms with Gasteiger partial charge < -0.3 is 19.7 Å². The number of rotatable bonds is 4. The molecule has 2 saturated heterocycles. The van der Waals surface area contributed by atoms with Crippen LogP contribution in [0.1, 0.15) is 26.2 Å². The average Bonchev–Trinajstić information content (AvgIpc) is 3.36. The third-order valence-corrected chi connectivity index (χ3v) is 5.90. The lowest BCUT2D eigenvalue weighted by Gasteiger charge is -2.38. The highest BCUT2D eigenvalue weighted by molar-refractivity contribution is 5.68. The van der Waals surface area contributed by atoms with Gasteiger partial charge in [-0.1, -0.05) is 0 Å². The molecule has 8 heteroatoms. The summed E-state index contributed by atoms with van der Waals surface area (Å²) < 4.78 is 22.3. The van der Waals surface area contributed by atoms with Crippen LogP contribution in [-0.2, 0) is 0 Å². The van der Waals surface area contributed by atoms with Crippen LogP contribution in [0, 0.1) is 0 Å². The minimum atomic E-state index is -1.06. The van der Waals surface area contributed by atoms with Crippen LogP contribution in [0.5, 0.6) is 11.6 Å². The van der Waals surface area contributed by atoms with E-state index in [1.165, 1.54) is 0 Å². The lowest BCUT2D eigenvalue weighted by molar-refractivity contribution is 0.0234. The van der Waals surface area contributed by atoms with E-state index in [0.717, 1.165) is 18.5 Å². The maximum absolute atomic E-state index is 14.7. The van der Waals surface area contributed by atoms with Gasteiger partial charge in [-0.15, -0.1) is 10.2 Å². The summed E-state index contributed by atoms with van der Waals surface area (Å²) in [6.07, 6.45) is 5.92. The second kappa shape index (κ2) is 6.81. The summed E-state index contributed by atoms with van der Waals surface area (Å²) in [7, 11) is 0. The van der Waals surface area contributed by atoms with Gasteiger partial charge in [0.15, 0.2) is 6.17 Å². The van der Waals surface area contributed by atoms with Gasteiger partial charge in [0.2, 0.25) is 5.88 Å². The number of ether oxygens (including phenoxy) is 1. The monoisotopic (exact) mass is 395 g/mol. The Morgan fingerprint density at radius 1 is 1.28 bits per heavy atom. The Morgan fingerprint density at radius 3 is 2.90 bits per heavy atom. The van der Waals surface area contributed by atoms with Crippen LogP contribution in [0.15, 0.2) is 49.1 Å². The zero-order valence-corrected chi connectivity index (χ0v) is 16.0. The number of aromatic hydroxyl groups is 1. The topological polar surface area (TPSA) is 85.1 Å². The summed E-state index contributed by atoms with van der Waals surface area (Å²) in [6, 6.07) is 8.52. The summed E-state index contributed by atoms with van der Waals surface area (Å²) in [5.41, 5.74) is 1.79. The van der Waals surface area contributed by atoms with Crippen molar-refractivity contribution >= 4 is 0 Å². The number of phenols is 1. The highest BCUT2D eigenvalue weighted by atomic mass is 19.1. The zero-order valence-electron chi connectivity index (χ0n) is 16.0. The van der Waals surface area contributed by atoms with Gasteiger partial charge >= 0.3 is 0 Å². The average molecular weight is 395 g/mol. The molecule has 2 aliphatic heterocycles. The smallest absolute Gasteiger partial charge is 0.233 e. The van der Waals surface area contributed by atoms with Crippen LogP contribution in [-0.4, -0.2) is 48.7 Å². The van der Waals surface area contributed by atoms with Gasteiger partial charge in [0.1, 0.15) is 11.9 Å². The van der Waals surface area contributed by atoms with Gasteiger partial charge in [-0.2, -0.15) is 0 Å². The van der Waals surface area contributed by atoms with Crippen LogP contribution in [0.2, 0.25) is 0 Å². The molecule has 3 aromatic rings. The third kappa shape index (κ3) is 3.33. The summed E-state index contributed by atoms with van der Waals surface area (Å²) in [5.74, 6) is 0.381. The molecule has 150 valence electrons. The molecule has 0 aliphatic carbocycles. The fraction of sp³-hybridized carbons (Fsp3) is 0.381. The van der Waals surface area contributed by atoms with Crippen molar-refractivity contribution in [2.45, 2.75) is 50.0 Å². The molecule has 4 heterocycles. The van der Waals surface area contributed by atoms with E-state index in [4.69, 9.17) is 4.74 Å². The minimum Gasteiger partial charge on any atom is -0.507 e. The maximum atomic E-state index is 14.7. The van der Waals surface area contributed by atoms with Crippen molar-refractivity contribution in [1.29, 1.82) is 0 Å². The molecule has 5 rings (SSSR count). The second-order valence-corrected chi connectivity index (χ2v) is 8.08. The zero-order chi connectivity index (χ0) is 20.0. The number of nitrogens with zero attached hydrogens (tertiary/aromatic N) is 4. The van der Waals surface area contributed by atoms with Gasteiger partial charge in [-0.05, 0) is 38.0 Å². The van der Waals surface area contributed by atoms with Crippen LogP contribution >= 0.6 is 0 Å². The molecule has 2 N–H and O–H groups in total. The van der Waals surface area contributed by atoms with Crippen molar-refractivity contribution in [3.8, 4) is 28.6 Å². The van der Waals surface area contributed by atoms with Crippen LogP contribution in [0.25, 0.3) is 16.9 Å². The Bertz CT molecular complexity index is 1010. The van der Waals surface area contributed by atoms with Crippen LogP contribution < -0.4 is 10.1 Å². The molecule has 1 aromatic carbocycles. The van der Waals surface area contributed by atoms with Crippen LogP contribution in [0.3, 0.4) is 0 Å². The van der Waals surface area contributed by atoms with Crippen molar-refractivity contribution in [1.82, 2.24) is 25.1 Å². The number of alkyl halides is 1. The first-order valence-corrected chi connectivity index (χ1v) is 9.75. The van der Waals surface area contributed by atoms with Gasteiger partial charge in [-0.25, -0.2) is 9.37 Å². The minimum absolute atomic E-state index is 0.0753. The lowest BCUT2D eigenvalue weighted by atomic mass is 9.90. The molecule has 0 spiro atoms. The highest BCUT2D eigenvalue weighted by Gasteiger charge is 2.49. The van der Waals surface area contributed by atoms with E-state index in [-0.39, 0.29) is 17.3 Å². The highest BCUT2D eigenvalue weighted by Crippen LogP contribution is 2.38. The Morgan fingerprint density at radius 2 is 2.17 bits per heavy atom. The number of hydrogen-bond acceptors (Lipinski definition) is 6. The van der Waals surface area contributed by atoms with E-state index < -0.39 is 12.3 Å². The van der Waals surface area contributed by atoms with Crippen LogP contribution in [0.4, 0.5) is 4.39 Å². The Balaban J connectivity index is 1.33. The van der Waals surface area contributed by atoms with Gasteiger partial charge in [0.25, 0.3) is 0 Å². The molecule has 0 saturated carbocycles. The largest absolute Gasteiger partial charge is 0.507 e. The standard InChI is InChI=1S/C21H22FN5O2/c1-21-7-6-16(24-21)20(22)18(11-21)29-19-5-4-15(25-26-19)14-3-2-13(10-17(14)28)27-9-8-23-12-27/h2-5,8-10,12,16,18,20,24,28H,6-7,11H2,1H3/t16-,18+,20-,21+/m0/s1. The van der Waals surface area contributed by atoms with Crippen molar-refractivity contribution < 1.29 is 14.2 Å². The molecule has 2 bridgehead atoms. The van der Waals surface area contributed by atoms with Crippen molar-refractivity contribution in [3.05, 3.63) is 49.1 Å². The summed E-state index contributed by atoms with van der Waals surface area (Å²) in [5, 5.41) is 22.0. The SMILES string of the molecule is C[C@]12CC[C@H](N1)[C@H](F)[C@H](Oc1ccc(-c3ccc(-n4ccnc4)cc3O)nn1)C2. The normalized spacial score (nSPS) is 28.4.